The molecule has 0 aliphatic carbocycles. The van der Waals surface area contributed by atoms with Crippen molar-refractivity contribution in [1.29, 1.82) is 0 Å². The number of nitrogens with two attached hydrogens (primary N) is 1. The summed E-state index contributed by atoms with van der Waals surface area (Å²) < 4.78 is 105. The van der Waals surface area contributed by atoms with E-state index in [0.29, 0.717) is 17.7 Å². The molecule has 1 aliphatic rings. The fourth-order valence-corrected chi connectivity index (χ4v) is 3.93. The van der Waals surface area contributed by atoms with Crippen LogP contribution in [-0.2, 0) is 21.8 Å². The molecule has 2 aromatic rings. The van der Waals surface area contributed by atoms with E-state index in [4.69, 9.17) is 15.2 Å². The molecule has 0 bridgehead atoms. The maximum Gasteiger partial charge on any atom is 0.416 e. The third kappa shape index (κ3) is 7.42. The fourth-order valence-electron chi connectivity index (χ4n) is 3.93. The highest BCUT2D eigenvalue weighted by Gasteiger charge is 2.39. The van der Waals surface area contributed by atoms with Crippen LogP contribution < -0.4 is 11.1 Å². The Labute approximate surface area is 213 Å². The van der Waals surface area contributed by atoms with Crippen molar-refractivity contribution >= 4 is 11.9 Å². The zero-order valence-electron chi connectivity index (χ0n) is 20.2. The summed E-state index contributed by atoms with van der Waals surface area (Å²) in [4.78, 5) is 16.9. The minimum Gasteiger partial charge on any atom is -0.386 e. The fraction of sp³-hybridized carbons (Fsp3) is 0.417. The van der Waals surface area contributed by atoms with Gasteiger partial charge in [-0.2, -0.15) is 31.3 Å². The van der Waals surface area contributed by atoms with Gasteiger partial charge in [-0.3, -0.25) is 4.90 Å². The molecule has 0 aromatic heterocycles. The summed E-state index contributed by atoms with van der Waals surface area (Å²) in [7, 11) is 1.36. The normalized spacial score (nSPS) is 20.3. The molecule has 3 N–H and O–H groups in total. The Balaban J connectivity index is 1.96. The lowest BCUT2D eigenvalue weighted by molar-refractivity contribution is -0.227. The number of alkyl halides is 6. The summed E-state index contributed by atoms with van der Waals surface area (Å²) in [6.45, 7) is 1.54. The van der Waals surface area contributed by atoms with Gasteiger partial charge in [-0.1, -0.05) is 12.1 Å². The molecule has 3 rings (SSSR count). The predicted molar refractivity (Wildman–Crippen MR) is 122 cm³/mol. The van der Waals surface area contributed by atoms with Crippen LogP contribution in [0.2, 0.25) is 0 Å². The van der Waals surface area contributed by atoms with Gasteiger partial charge in [0.25, 0.3) is 0 Å². The van der Waals surface area contributed by atoms with Gasteiger partial charge in [0.1, 0.15) is 11.7 Å². The summed E-state index contributed by atoms with van der Waals surface area (Å²) in [5.74, 6) is -0.606. The number of nitrogens with zero attached hydrogens (tertiary/aromatic N) is 2. The number of amidine groups is 1. The van der Waals surface area contributed by atoms with Crippen molar-refractivity contribution in [2.24, 2.45) is 10.7 Å². The summed E-state index contributed by atoms with van der Waals surface area (Å²) in [6.07, 6.45) is -12.5. The Hall–Kier alpha value is -3.23. The van der Waals surface area contributed by atoms with E-state index in [2.05, 4.69) is 10.3 Å². The molecule has 1 aliphatic heterocycles. The highest BCUT2D eigenvalue weighted by atomic mass is 19.4. The molecule has 1 heterocycles. The first-order chi connectivity index (χ1) is 17.7. The van der Waals surface area contributed by atoms with E-state index in [-0.39, 0.29) is 37.2 Å². The standard InChI is InChI=1S/C24H25F7N4O3/c1-13(15-9-16(23(26,27)28)11-17(10-15)24(29,30)31)38-21-20(14-3-5-18(25)6-4-14)35(7-8-37-21)12-19(32)34-22(36)33-2/h3-6,9-11,13,20-21H,7-8,12H2,1-2H3,(H3,32,33,34,36). The molecule has 2 amide bonds. The number of hydrogen-bond acceptors (Lipinski definition) is 4. The Bertz CT molecular complexity index is 1120. The minimum atomic E-state index is -5.02. The highest BCUT2D eigenvalue weighted by molar-refractivity contribution is 5.93. The van der Waals surface area contributed by atoms with Crippen molar-refractivity contribution in [2.45, 2.75) is 37.7 Å². The minimum absolute atomic E-state index is 0.0327. The molecule has 0 spiro atoms. The number of carbonyl (C=O) groups excluding carboxylic acids is 1. The number of rotatable bonds is 6. The van der Waals surface area contributed by atoms with Gasteiger partial charge in [0.2, 0.25) is 0 Å². The lowest BCUT2D eigenvalue weighted by Gasteiger charge is -2.42. The maximum atomic E-state index is 13.6. The first-order valence-corrected chi connectivity index (χ1v) is 11.3. The highest BCUT2D eigenvalue weighted by Crippen LogP contribution is 2.39. The molecule has 2 aromatic carbocycles. The van der Waals surface area contributed by atoms with Gasteiger partial charge in [0.05, 0.1) is 36.4 Å². The molecule has 14 heteroatoms. The second-order valence-corrected chi connectivity index (χ2v) is 8.48. The molecule has 208 valence electrons. The van der Waals surface area contributed by atoms with Gasteiger partial charge >= 0.3 is 18.4 Å². The molecule has 38 heavy (non-hydrogen) atoms. The van der Waals surface area contributed by atoms with Crippen LogP contribution in [0.25, 0.3) is 0 Å². The van der Waals surface area contributed by atoms with Gasteiger partial charge < -0.3 is 20.5 Å². The number of hydrogen-bond donors (Lipinski definition) is 2. The van der Waals surface area contributed by atoms with Gasteiger partial charge in [0.15, 0.2) is 6.29 Å². The first kappa shape index (κ1) is 29.3. The van der Waals surface area contributed by atoms with E-state index >= 15 is 0 Å². The van der Waals surface area contributed by atoms with E-state index in [1.165, 1.54) is 38.2 Å². The molecule has 7 nitrogen and oxygen atoms in total. The average molecular weight is 550 g/mol. The second-order valence-electron chi connectivity index (χ2n) is 8.48. The van der Waals surface area contributed by atoms with Crippen LogP contribution in [0.5, 0.6) is 0 Å². The number of nitrogens with one attached hydrogen (secondary N) is 1. The smallest absolute Gasteiger partial charge is 0.386 e. The lowest BCUT2D eigenvalue weighted by Crippen LogP contribution is -2.49. The number of amides is 2. The van der Waals surface area contributed by atoms with Crippen LogP contribution in [0.3, 0.4) is 0 Å². The summed E-state index contributed by atoms with van der Waals surface area (Å²) in [6, 6.07) is 4.90. The third-order valence-electron chi connectivity index (χ3n) is 5.77. The van der Waals surface area contributed by atoms with Crippen LogP contribution >= 0.6 is 0 Å². The molecular formula is C24H25F7N4O3. The van der Waals surface area contributed by atoms with Crippen LogP contribution in [0, 0.1) is 5.82 Å². The van der Waals surface area contributed by atoms with Crippen molar-refractivity contribution in [3.63, 3.8) is 0 Å². The lowest BCUT2D eigenvalue weighted by atomic mass is 10.0. The van der Waals surface area contributed by atoms with Crippen LogP contribution in [0.1, 0.15) is 41.3 Å². The summed E-state index contributed by atoms with van der Waals surface area (Å²) in [5, 5.41) is 2.29. The summed E-state index contributed by atoms with van der Waals surface area (Å²) >= 11 is 0. The number of benzene rings is 2. The topological polar surface area (TPSA) is 89.2 Å². The van der Waals surface area contributed by atoms with E-state index < -0.39 is 53.8 Å². The molecule has 1 saturated heterocycles. The number of carbonyl (C=O) groups is 1. The largest absolute Gasteiger partial charge is 0.416 e. The van der Waals surface area contributed by atoms with Crippen molar-refractivity contribution in [2.75, 3.05) is 26.7 Å². The van der Waals surface area contributed by atoms with Crippen LogP contribution in [-0.4, -0.2) is 49.8 Å². The SMILES string of the molecule is CNC(=O)/N=C(\N)CN1CCOC(OC(C)c2cc(C(F)(F)F)cc(C(F)(F)F)c2)C1c1ccc(F)cc1. The van der Waals surface area contributed by atoms with Crippen molar-refractivity contribution in [1.82, 2.24) is 10.2 Å². The second kappa shape index (κ2) is 11.7. The van der Waals surface area contributed by atoms with Crippen molar-refractivity contribution < 1.29 is 45.0 Å². The van der Waals surface area contributed by atoms with Crippen LogP contribution in [0.15, 0.2) is 47.5 Å². The van der Waals surface area contributed by atoms with Gasteiger partial charge in [-0.25, -0.2) is 9.18 Å². The average Bonchev–Trinajstić information content (AvgIpc) is 2.83. The predicted octanol–water partition coefficient (Wildman–Crippen LogP) is 5.04. The maximum absolute atomic E-state index is 13.6. The van der Waals surface area contributed by atoms with E-state index in [9.17, 15) is 35.5 Å². The third-order valence-corrected chi connectivity index (χ3v) is 5.77. The van der Waals surface area contributed by atoms with Gasteiger partial charge in [-0.15, -0.1) is 0 Å². The monoisotopic (exact) mass is 550 g/mol. The number of urea groups is 1. The van der Waals surface area contributed by atoms with Gasteiger partial charge in [0, 0.05) is 13.6 Å². The quantitative estimate of drug-likeness (QED) is 0.299. The van der Waals surface area contributed by atoms with Crippen LogP contribution in [0.4, 0.5) is 35.5 Å². The number of halogens is 7. The van der Waals surface area contributed by atoms with E-state index in [0.717, 1.165) is 0 Å². The molecular weight excluding hydrogens is 525 g/mol. The van der Waals surface area contributed by atoms with E-state index in [1.54, 1.807) is 4.90 Å². The van der Waals surface area contributed by atoms with Crippen molar-refractivity contribution in [3.8, 4) is 0 Å². The zero-order chi connectivity index (χ0) is 28.3. The number of ether oxygens (including phenoxy) is 2. The number of aliphatic imine (C=N–C) groups is 1. The van der Waals surface area contributed by atoms with E-state index in [1.807, 2.05) is 0 Å². The summed E-state index contributed by atoms with van der Waals surface area (Å²) in [5.41, 5.74) is 3.04. The molecule has 1 fully saturated rings. The zero-order valence-corrected chi connectivity index (χ0v) is 20.2. The Morgan fingerprint density at radius 3 is 2.24 bits per heavy atom. The number of morpholine rings is 1. The molecule has 3 unspecified atom stereocenters. The Morgan fingerprint density at radius 2 is 1.71 bits per heavy atom. The molecule has 3 atom stereocenters. The Morgan fingerprint density at radius 1 is 1.13 bits per heavy atom. The van der Waals surface area contributed by atoms with Gasteiger partial charge in [-0.05, 0) is 48.4 Å². The first-order valence-electron chi connectivity index (χ1n) is 11.3. The van der Waals surface area contributed by atoms with Crippen molar-refractivity contribution in [3.05, 3.63) is 70.5 Å². The Kier molecular flexibility index (Phi) is 9.00. The molecule has 0 radical (unpaired) electrons. The molecule has 0 saturated carbocycles.